The van der Waals surface area contributed by atoms with Crippen molar-refractivity contribution in [2.24, 2.45) is 11.1 Å². The lowest BCUT2D eigenvalue weighted by Gasteiger charge is -2.37. The van der Waals surface area contributed by atoms with Crippen molar-refractivity contribution in [3.05, 3.63) is 17.6 Å². The summed E-state index contributed by atoms with van der Waals surface area (Å²) in [5.41, 5.74) is 0. The van der Waals surface area contributed by atoms with E-state index in [9.17, 15) is 13.2 Å². The Bertz CT molecular complexity index is 620. The van der Waals surface area contributed by atoms with Crippen molar-refractivity contribution < 1.29 is 17.6 Å². The molecule has 1 aliphatic heterocycles. The number of aryl methyl sites for hydroxylation is 1. The number of primary sulfonamides is 1. The average molecular weight is 300 g/mol. The van der Waals surface area contributed by atoms with E-state index < -0.39 is 10.0 Å². The Morgan fingerprint density at radius 1 is 1.45 bits per heavy atom. The van der Waals surface area contributed by atoms with Crippen molar-refractivity contribution >= 4 is 15.9 Å². The maximum atomic E-state index is 12.4. The van der Waals surface area contributed by atoms with E-state index in [-0.39, 0.29) is 28.4 Å². The summed E-state index contributed by atoms with van der Waals surface area (Å²) >= 11 is 0. The maximum absolute atomic E-state index is 12.4. The van der Waals surface area contributed by atoms with Gasteiger partial charge in [-0.3, -0.25) is 4.79 Å². The van der Waals surface area contributed by atoms with Gasteiger partial charge in [0.05, 0.1) is 0 Å². The van der Waals surface area contributed by atoms with E-state index in [0.717, 1.165) is 12.8 Å². The smallest absolute Gasteiger partial charge is 0.289 e. The lowest BCUT2D eigenvalue weighted by molar-refractivity contribution is 0.0518. The van der Waals surface area contributed by atoms with E-state index in [1.807, 2.05) is 6.92 Å². The highest BCUT2D eigenvalue weighted by atomic mass is 32.2. The number of hydrogen-bond acceptors (Lipinski definition) is 4. The molecular formula is C13H20N2O4S. The fourth-order valence-electron chi connectivity index (χ4n) is 2.62. The number of furan rings is 1. The molecule has 1 amide bonds. The van der Waals surface area contributed by atoms with Crippen molar-refractivity contribution in [2.45, 2.75) is 44.6 Å². The standard InChI is InChI=1S/C13H20N2O4S/c1-8-5-4-6-15(9(8)2)13(16)11-7-12(10(3)19-11)20(14,17)18/h7-9H,4-6H2,1-3H3,(H2,14,17,18). The van der Waals surface area contributed by atoms with Crippen LogP contribution in [-0.4, -0.2) is 31.8 Å². The zero-order valence-corrected chi connectivity index (χ0v) is 12.7. The van der Waals surface area contributed by atoms with Crippen molar-refractivity contribution in [3.63, 3.8) is 0 Å². The molecule has 2 unspecified atom stereocenters. The molecule has 1 saturated heterocycles. The molecule has 1 aliphatic rings. The van der Waals surface area contributed by atoms with Gasteiger partial charge in [-0.2, -0.15) is 0 Å². The molecule has 6 nitrogen and oxygen atoms in total. The predicted octanol–water partition coefficient (Wildman–Crippen LogP) is 1.50. The first-order chi connectivity index (χ1) is 9.21. The van der Waals surface area contributed by atoms with E-state index in [2.05, 4.69) is 6.92 Å². The van der Waals surface area contributed by atoms with Crippen LogP contribution in [0.15, 0.2) is 15.4 Å². The van der Waals surface area contributed by atoms with Gasteiger partial charge in [-0.25, -0.2) is 13.6 Å². The topological polar surface area (TPSA) is 93.6 Å². The minimum atomic E-state index is -3.87. The van der Waals surface area contributed by atoms with Crippen LogP contribution in [0.4, 0.5) is 0 Å². The number of likely N-dealkylation sites (tertiary alicyclic amines) is 1. The van der Waals surface area contributed by atoms with Crippen molar-refractivity contribution in [1.82, 2.24) is 4.90 Å². The number of nitrogens with two attached hydrogens (primary N) is 1. The van der Waals surface area contributed by atoms with Crippen LogP contribution < -0.4 is 5.14 Å². The number of carbonyl (C=O) groups is 1. The third kappa shape index (κ3) is 2.73. The first-order valence-electron chi connectivity index (χ1n) is 6.66. The van der Waals surface area contributed by atoms with Gasteiger partial charge < -0.3 is 9.32 Å². The highest BCUT2D eigenvalue weighted by Gasteiger charge is 2.31. The molecule has 1 fully saturated rings. The molecule has 1 aromatic rings. The molecule has 20 heavy (non-hydrogen) atoms. The molecule has 2 rings (SSSR count). The summed E-state index contributed by atoms with van der Waals surface area (Å²) in [6.07, 6.45) is 2.03. The van der Waals surface area contributed by atoms with Crippen LogP contribution in [0.5, 0.6) is 0 Å². The summed E-state index contributed by atoms with van der Waals surface area (Å²) in [5.74, 6) is 0.324. The van der Waals surface area contributed by atoms with E-state index in [4.69, 9.17) is 9.56 Å². The maximum Gasteiger partial charge on any atom is 0.289 e. The minimum absolute atomic E-state index is 0.0347. The molecule has 112 valence electrons. The van der Waals surface area contributed by atoms with Gasteiger partial charge in [0.15, 0.2) is 5.76 Å². The van der Waals surface area contributed by atoms with Gasteiger partial charge in [-0.15, -0.1) is 0 Å². The van der Waals surface area contributed by atoms with Gasteiger partial charge in [0.25, 0.3) is 5.91 Å². The number of sulfonamides is 1. The van der Waals surface area contributed by atoms with Crippen molar-refractivity contribution in [2.75, 3.05) is 6.54 Å². The molecule has 1 aromatic heterocycles. The first-order valence-corrected chi connectivity index (χ1v) is 8.20. The molecule has 0 aromatic carbocycles. The van der Waals surface area contributed by atoms with Crippen LogP contribution in [0.1, 0.15) is 43.0 Å². The second kappa shape index (κ2) is 5.21. The van der Waals surface area contributed by atoms with Crippen molar-refractivity contribution in [3.8, 4) is 0 Å². The summed E-state index contributed by atoms with van der Waals surface area (Å²) in [7, 11) is -3.87. The predicted molar refractivity (Wildman–Crippen MR) is 73.7 cm³/mol. The van der Waals surface area contributed by atoms with Gasteiger partial charge in [0, 0.05) is 18.7 Å². The largest absolute Gasteiger partial charge is 0.455 e. The Balaban J connectivity index is 2.30. The molecule has 0 aliphatic carbocycles. The number of amides is 1. The Morgan fingerprint density at radius 2 is 2.10 bits per heavy atom. The highest BCUT2D eigenvalue weighted by molar-refractivity contribution is 7.89. The van der Waals surface area contributed by atoms with Gasteiger partial charge in [-0.1, -0.05) is 6.92 Å². The van der Waals surface area contributed by atoms with E-state index in [1.54, 1.807) is 4.90 Å². The number of piperidine rings is 1. The molecule has 2 atom stereocenters. The number of nitrogens with zero attached hydrogens (tertiary/aromatic N) is 1. The zero-order valence-electron chi connectivity index (χ0n) is 11.9. The lowest BCUT2D eigenvalue weighted by atomic mass is 9.92. The van der Waals surface area contributed by atoms with Crippen LogP contribution in [-0.2, 0) is 10.0 Å². The fourth-order valence-corrected chi connectivity index (χ4v) is 3.33. The van der Waals surface area contributed by atoms with Gasteiger partial charge in [0.1, 0.15) is 10.7 Å². The summed E-state index contributed by atoms with van der Waals surface area (Å²) < 4.78 is 28.0. The molecule has 2 heterocycles. The number of carbonyl (C=O) groups excluding carboxylic acids is 1. The quantitative estimate of drug-likeness (QED) is 0.895. The zero-order chi connectivity index (χ0) is 15.1. The Kier molecular flexibility index (Phi) is 3.93. The SMILES string of the molecule is Cc1oc(C(=O)N2CCCC(C)C2C)cc1S(N)(=O)=O. The monoisotopic (exact) mass is 300 g/mol. The second-order valence-corrected chi connectivity index (χ2v) is 6.96. The van der Waals surface area contributed by atoms with E-state index >= 15 is 0 Å². The Labute approximate surface area is 119 Å². The molecule has 0 radical (unpaired) electrons. The summed E-state index contributed by atoms with van der Waals surface area (Å²) in [4.78, 5) is 14.1. The first kappa shape index (κ1) is 15.1. The van der Waals surface area contributed by atoms with Crippen LogP contribution >= 0.6 is 0 Å². The molecular weight excluding hydrogens is 280 g/mol. The fraction of sp³-hybridized carbons (Fsp3) is 0.615. The third-order valence-electron chi connectivity index (χ3n) is 4.02. The normalized spacial score (nSPS) is 23.9. The second-order valence-electron chi connectivity index (χ2n) is 5.43. The van der Waals surface area contributed by atoms with Gasteiger partial charge in [0.2, 0.25) is 10.0 Å². The Morgan fingerprint density at radius 3 is 2.65 bits per heavy atom. The lowest BCUT2D eigenvalue weighted by Crippen LogP contribution is -2.45. The van der Waals surface area contributed by atoms with Crippen molar-refractivity contribution in [1.29, 1.82) is 0 Å². The summed E-state index contributed by atoms with van der Waals surface area (Å²) in [6, 6.07) is 1.33. The van der Waals surface area contributed by atoms with E-state index in [1.165, 1.54) is 13.0 Å². The number of hydrogen-bond donors (Lipinski definition) is 1. The molecule has 2 N–H and O–H groups in total. The summed E-state index contributed by atoms with van der Waals surface area (Å²) in [6.45, 7) is 6.25. The summed E-state index contributed by atoms with van der Waals surface area (Å²) in [5, 5.41) is 5.09. The van der Waals surface area contributed by atoms with Crippen LogP contribution in [0.25, 0.3) is 0 Å². The molecule has 0 saturated carbocycles. The number of rotatable bonds is 2. The Hall–Kier alpha value is -1.34. The van der Waals surface area contributed by atoms with Gasteiger partial charge >= 0.3 is 0 Å². The molecule has 0 bridgehead atoms. The minimum Gasteiger partial charge on any atom is -0.455 e. The molecule has 0 spiro atoms. The van der Waals surface area contributed by atoms with Gasteiger partial charge in [-0.05, 0) is 32.6 Å². The van der Waals surface area contributed by atoms with Crippen LogP contribution in [0.2, 0.25) is 0 Å². The van der Waals surface area contributed by atoms with E-state index in [0.29, 0.717) is 12.5 Å². The average Bonchev–Trinajstić information content (AvgIpc) is 2.74. The molecule has 7 heteroatoms. The highest BCUT2D eigenvalue weighted by Crippen LogP contribution is 2.26. The third-order valence-corrected chi connectivity index (χ3v) is 5.04. The van der Waals surface area contributed by atoms with Crippen LogP contribution in [0, 0.1) is 12.8 Å². The van der Waals surface area contributed by atoms with Crippen LogP contribution in [0.3, 0.4) is 0 Å².